The van der Waals surface area contributed by atoms with Gasteiger partial charge < -0.3 is 4.40 Å². The van der Waals surface area contributed by atoms with Crippen LogP contribution in [0.2, 0.25) is 0 Å². The van der Waals surface area contributed by atoms with E-state index in [1.165, 1.54) is 43.8 Å². The van der Waals surface area contributed by atoms with Crippen molar-refractivity contribution in [1.29, 1.82) is 0 Å². The molecule has 10 aromatic rings. The predicted molar refractivity (Wildman–Crippen MR) is 205 cm³/mol. The maximum absolute atomic E-state index is 5.26. The van der Waals surface area contributed by atoms with Gasteiger partial charge in [0, 0.05) is 39.7 Å². The Labute approximate surface area is 283 Å². The molecule has 0 spiro atoms. The lowest BCUT2D eigenvalue weighted by Gasteiger charge is -2.18. The summed E-state index contributed by atoms with van der Waals surface area (Å²) < 4.78 is 2.14. The van der Waals surface area contributed by atoms with Crippen molar-refractivity contribution < 1.29 is 0 Å². The molecule has 0 saturated heterocycles. The van der Waals surface area contributed by atoms with E-state index in [0.29, 0.717) is 0 Å². The monoisotopic (exact) mass is 623 g/mol. The first-order valence-corrected chi connectivity index (χ1v) is 16.7. The van der Waals surface area contributed by atoms with E-state index in [1.54, 1.807) is 0 Å². The molecule has 0 N–H and O–H groups in total. The van der Waals surface area contributed by atoms with E-state index < -0.39 is 0 Å². The maximum Gasteiger partial charge on any atom is 0.146 e. The van der Waals surface area contributed by atoms with Crippen molar-refractivity contribution in [1.82, 2.24) is 14.4 Å². The Hall–Kier alpha value is -6.58. The first kappa shape index (κ1) is 27.5. The third kappa shape index (κ3) is 4.37. The van der Waals surface area contributed by atoms with Crippen LogP contribution in [0.4, 0.5) is 0 Å². The molecule has 3 nitrogen and oxygen atoms in total. The van der Waals surface area contributed by atoms with Crippen LogP contribution in [0.5, 0.6) is 0 Å². The van der Waals surface area contributed by atoms with E-state index in [2.05, 4.69) is 175 Å². The molecule has 0 fully saturated rings. The van der Waals surface area contributed by atoms with Crippen LogP contribution >= 0.6 is 0 Å². The summed E-state index contributed by atoms with van der Waals surface area (Å²) in [5.41, 5.74) is 10.9. The van der Waals surface area contributed by atoms with Gasteiger partial charge in [0.05, 0.1) is 16.9 Å². The van der Waals surface area contributed by atoms with E-state index in [4.69, 9.17) is 9.97 Å². The van der Waals surface area contributed by atoms with Crippen LogP contribution in [0.3, 0.4) is 0 Å². The number of rotatable bonds is 4. The Bertz CT molecular complexity index is 2790. The van der Waals surface area contributed by atoms with Gasteiger partial charge >= 0.3 is 0 Å². The van der Waals surface area contributed by atoms with E-state index in [9.17, 15) is 0 Å². The normalized spacial score (nSPS) is 11.7. The van der Waals surface area contributed by atoms with Crippen molar-refractivity contribution >= 4 is 48.9 Å². The minimum absolute atomic E-state index is 0.935. The van der Waals surface area contributed by atoms with Gasteiger partial charge in [-0.1, -0.05) is 152 Å². The summed E-state index contributed by atoms with van der Waals surface area (Å²) in [5.74, 6) is 0. The zero-order valence-corrected chi connectivity index (χ0v) is 26.6. The van der Waals surface area contributed by atoms with Crippen molar-refractivity contribution in [3.8, 4) is 44.8 Å². The molecule has 0 aliphatic heterocycles. The predicted octanol–water partition coefficient (Wildman–Crippen LogP) is 12.0. The SMILES string of the molecule is c1ccc(-c2cn3ccc4c(-c5ccc(-c6c7ccccc7c(-c7ccccc7)c7ccccc67)cc5)nc5ccccc5c4c3n2)cc1. The summed E-state index contributed by atoms with van der Waals surface area (Å²) in [7, 11) is 0. The number of fused-ring (bicyclic) bond motifs is 7. The third-order valence-electron chi connectivity index (χ3n) is 9.80. The number of hydrogen-bond acceptors (Lipinski definition) is 2. The first-order valence-electron chi connectivity index (χ1n) is 16.7. The van der Waals surface area contributed by atoms with E-state index in [-0.39, 0.29) is 0 Å². The molecule has 228 valence electrons. The fourth-order valence-electron chi connectivity index (χ4n) is 7.59. The van der Waals surface area contributed by atoms with Crippen molar-refractivity contribution in [2.45, 2.75) is 0 Å². The summed E-state index contributed by atoms with van der Waals surface area (Å²) in [4.78, 5) is 10.4. The summed E-state index contributed by atoms with van der Waals surface area (Å²) in [6.07, 6.45) is 4.23. The van der Waals surface area contributed by atoms with Crippen LogP contribution in [0, 0.1) is 0 Å². The fraction of sp³-hybridized carbons (Fsp3) is 0. The minimum atomic E-state index is 0.935. The molecule has 0 unspecified atom stereocenters. The molecule has 7 aromatic carbocycles. The third-order valence-corrected chi connectivity index (χ3v) is 9.80. The molecule has 0 saturated carbocycles. The molecule has 10 rings (SSSR count). The Balaban J connectivity index is 1.18. The standard InChI is InChI=1S/C46H29N3/c1-3-13-30(14-4-1)41-29-49-28-27-39-44(46(49)48-41)38-21-11-12-22-40(38)47-45(39)33-25-23-32(24-26-33)43-36-19-9-7-17-34(36)42(31-15-5-2-6-16-31)35-18-8-10-20-37(35)43/h1-29H. The first-order chi connectivity index (χ1) is 24.3. The second-order valence-corrected chi connectivity index (χ2v) is 12.6. The van der Waals surface area contributed by atoms with Crippen molar-refractivity contribution in [2.75, 3.05) is 0 Å². The van der Waals surface area contributed by atoms with Gasteiger partial charge in [-0.2, -0.15) is 0 Å². The lowest BCUT2D eigenvalue weighted by atomic mass is 9.86. The summed E-state index contributed by atoms with van der Waals surface area (Å²) in [6.45, 7) is 0. The number of hydrogen-bond donors (Lipinski definition) is 0. The number of aromatic nitrogens is 3. The van der Waals surface area contributed by atoms with Gasteiger partial charge in [0.2, 0.25) is 0 Å². The zero-order chi connectivity index (χ0) is 32.3. The van der Waals surface area contributed by atoms with Crippen molar-refractivity contribution in [3.05, 3.63) is 176 Å². The summed E-state index contributed by atoms with van der Waals surface area (Å²) >= 11 is 0. The smallest absolute Gasteiger partial charge is 0.146 e. The topological polar surface area (TPSA) is 30.2 Å². The molecule has 3 aromatic heterocycles. The molecular formula is C46H29N3. The highest BCUT2D eigenvalue weighted by molar-refractivity contribution is 6.21. The van der Waals surface area contributed by atoms with Crippen LogP contribution in [0.25, 0.3) is 93.6 Å². The van der Waals surface area contributed by atoms with Gasteiger partial charge in [-0.05, 0) is 55.9 Å². The van der Waals surface area contributed by atoms with Crippen LogP contribution < -0.4 is 0 Å². The fourth-order valence-corrected chi connectivity index (χ4v) is 7.59. The molecule has 0 aliphatic carbocycles. The maximum atomic E-state index is 5.26. The highest BCUT2D eigenvalue weighted by atomic mass is 15.0. The number of benzene rings is 7. The molecule has 0 amide bonds. The van der Waals surface area contributed by atoms with E-state index in [0.717, 1.165) is 49.8 Å². The lowest BCUT2D eigenvalue weighted by Crippen LogP contribution is -1.94. The average molecular weight is 624 g/mol. The van der Waals surface area contributed by atoms with Crippen LogP contribution in [-0.2, 0) is 0 Å². The van der Waals surface area contributed by atoms with Gasteiger partial charge in [0.1, 0.15) is 5.65 Å². The Morgan fingerprint density at radius 2 is 0.857 bits per heavy atom. The van der Waals surface area contributed by atoms with Crippen LogP contribution in [0.1, 0.15) is 0 Å². The average Bonchev–Trinajstić information content (AvgIpc) is 3.62. The van der Waals surface area contributed by atoms with Gasteiger partial charge in [-0.15, -0.1) is 0 Å². The number of para-hydroxylation sites is 1. The highest BCUT2D eigenvalue weighted by Crippen LogP contribution is 2.44. The molecule has 0 radical (unpaired) electrons. The number of pyridine rings is 2. The van der Waals surface area contributed by atoms with Crippen molar-refractivity contribution in [3.63, 3.8) is 0 Å². The highest BCUT2D eigenvalue weighted by Gasteiger charge is 2.18. The lowest BCUT2D eigenvalue weighted by molar-refractivity contribution is 1.20. The van der Waals surface area contributed by atoms with E-state index in [1.807, 2.05) is 6.07 Å². The Morgan fingerprint density at radius 1 is 0.367 bits per heavy atom. The molecule has 3 heteroatoms. The molecule has 49 heavy (non-hydrogen) atoms. The summed E-state index contributed by atoms with van der Waals surface area (Å²) in [5, 5.41) is 8.32. The minimum Gasteiger partial charge on any atom is -0.306 e. The van der Waals surface area contributed by atoms with Gasteiger partial charge in [0.25, 0.3) is 0 Å². The van der Waals surface area contributed by atoms with Crippen LogP contribution in [0.15, 0.2) is 176 Å². The largest absolute Gasteiger partial charge is 0.306 e. The second-order valence-electron chi connectivity index (χ2n) is 12.6. The molecule has 3 heterocycles. The van der Waals surface area contributed by atoms with Gasteiger partial charge in [-0.3, -0.25) is 0 Å². The van der Waals surface area contributed by atoms with Crippen LogP contribution in [-0.4, -0.2) is 14.4 Å². The molecular weight excluding hydrogens is 595 g/mol. The molecule has 0 atom stereocenters. The Morgan fingerprint density at radius 3 is 1.47 bits per heavy atom. The zero-order valence-electron chi connectivity index (χ0n) is 26.6. The molecule has 0 bridgehead atoms. The summed E-state index contributed by atoms with van der Waals surface area (Å²) in [6, 6.07) is 58.3. The molecule has 0 aliphatic rings. The quantitative estimate of drug-likeness (QED) is 0.144. The second kappa shape index (κ2) is 11.0. The number of nitrogens with zero attached hydrogens (tertiary/aromatic N) is 3. The Kier molecular flexibility index (Phi) is 6.18. The van der Waals surface area contributed by atoms with Crippen molar-refractivity contribution in [2.24, 2.45) is 0 Å². The van der Waals surface area contributed by atoms with Gasteiger partial charge in [0.15, 0.2) is 0 Å². The van der Waals surface area contributed by atoms with E-state index >= 15 is 0 Å². The number of imidazole rings is 1. The van der Waals surface area contributed by atoms with Gasteiger partial charge in [-0.25, -0.2) is 9.97 Å².